The van der Waals surface area contributed by atoms with Crippen LogP contribution < -0.4 is 4.74 Å². The van der Waals surface area contributed by atoms with Gasteiger partial charge in [-0.15, -0.1) is 13.2 Å². The molecule has 0 spiro atoms. The topological polar surface area (TPSA) is 59.1 Å². The molecule has 0 unspecified atom stereocenters. The number of amides is 2. The van der Waals surface area contributed by atoms with E-state index in [0.717, 1.165) is 12.8 Å². The van der Waals surface area contributed by atoms with Crippen LogP contribution in [0.25, 0.3) is 0 Å². The van der Waals surface area contributed by atoms with Gasteiger partial charge in [0.1, 0.15) is 5.75 Å². The fourth-order valence-corrected chi connectivity index (χ4v) is 3.44. The fraction of sp³-hybridized carbons (Fsp3) is 0.619. The van der Waals surface area contributed by atoms with Gasteiger partial charge in [-0.25, -0.2) is 0 Å². The minimum atomic E-state index is -4.73. The summed E-state index contributed by atoms with van der Waals surface area (Å²) in [4.78, 5) is 28.5. The predicted molar refractivity (Wildman–Crippen MR) is 102 cm³/mol. The quantitative estimate of drug-likeness (QED) is 0.668. The van der Waals surface area contributed by atoms with E-state index in [-0.39, 0.29) is 42.9 Å². The monoisotopic (exact) mass is 428 g/mol. The third kappa shape index (κ3) is 6.62. The Balaban J connectivity index is 1.62. The molecular weight excluding hydrogens is 401 g/mol. The van der Waals surface area contributed by atoms with Crippen molar-refractivity contribution in [1.82, 2.24) is 9.80 Å². The van der Waals surface area contributed by atoms with Crippen LogP contribution in [0.3, 0.4) is 0 Å². The van der Waals surface area contributed by atoms with E-state index in [1.807, 2.05) is 13.8 Å². The normalized spacial score (nSPS) is 20.5. The van der Waals surface area contributed by atoms with Crippen LogP contribution in [-0.2, 0) is 20.9 Å². The van der Waals surface area contributed by atoms with E-state index in [1.165, 1.54) is 24.3 Å². The Morgan fingerprint density at radius 1 is 1.17 bits per heavy atom. The van der Waals surface area contributed by atoms with Crippen LogP contribution in [-0.4, -0.2) is 59.8 Å². The highest BCUT2D eigenvalue weighted by molar-refractivity contribution is 5.85. The van der Waals surface area contributed by atoms with Crippen LogP contribution in [0.4, 0.5) is 13.2 Å². The summed E-state index contributed by atoms with van der Waals surface area (Å²) < 4.78 is 46.7. The average Bonchev–Trinajstić information content (AvgIpc) is 3.47. The molecule has 1 saturated carbocycles. The van der Waals surface area contributed by atoms with Crippen molar-refractivity contribution in [2.45, 2.75) is 58.2 Å². The van der Waals surface area contributed by atoms with Gasteiger partial charge in [0.25, 0.3) is 0 Å². The van der Waals surface area contributed by atoms with Gasteiger partial charge < -0.3 is 19.3 Å². The predicted octanol–water partition coefficient (Wildman–Crippen LogP) is 3.35. The zero-order valence-electron chi connectivity index (χ0n) is 17.2. The summed E-state index contributed by atoms with van der Waals surface area (Å²) in [6, 6.07) is 5.43. The molecule has 0 N–H and O–H groups in total. The molecule has 166 valence electrons. The second-order valence-electron chi connectivity index (χ2n) is 8.19. The Labute approximate surface area is 173 Å². The lowest BCUT2D eigenvalue weighted by Gasteiger charge is -2.27. The van der Waals surface area contributed by atoms with Crippen molar-refractivity contribution in [3.8, 4) is 5.75 Å². The maximum absolute atomic E-state index is 12.6. The van der Waals surface area contributed by atoms with Gasteiger partial charge in [0.05, 0.1) is 19.3 Å². The maximum Gasteiger partial charge on any atom is 0.573 e. The minimum absolute atomic E-state index is 0.0270. The van der Waals surface area contributed by atoms with Crippen molar-refractivity contribution in [2.24, 2.45) is 5.92 Å². The summed E-state index contributed by atoms with van der Waals surface area (Å²) in [5, 5.41) is 0. The SMILES string of the molecule is CC(C)N1C[C@H](OCc2ccc(OC(F)(F)F)cc2)CN(C(=O)CC2CC2)CC1=O. The van der Waals surface area contributed by atoms with Gasteiger partial charge in [-0.2, -0.15) is 0 Å². The molecule has 2 amide bonds. The molecule has 2 aliphatic rings. The van der Waals surface area contributed by atoms with Crippen LogP contribution in [0.2, 0.25) is 0 Å². The van der Waals surface area contributed by atoms with Crippen molar-refractivity contribution >= 4 is 11.8 Å². The number of nitrogens with zero attached hydrogens (tertiary/aromatic N) is 2. The van der Waals surface area contributed by atoms with Gasteiger partial charge in [0.15, 0.2) is 0 Å². The van der Waals surface area contributed by atoms with Crippen molar-refractivity contribution < 1.29 is 32.2 Å². The molecule has 1 aliphatic carbocycles. The number of carbonyl (C=O) groups is 2. The first-order valence-corrected chi connectivity index (χ1v) is 10.1. The molecule has 0 bridgehead atoms. The molecule has 30 heavy (non-hydrogen) atoms. The van der Waals surface area contributed by atoms with E-state index in [4.69, 9.17) is 4.74 Å². The molecule has 0 aromatic heterocycles. The summed E-state index contributed by atoms with van der Waals surface area (Å²) in [5.74, 6) is -0.00407. The molecule has 2 fully saturated rings. The summed E-state index contributed by atoms with van der Waals surface area (Å²) in [6.45, 7) is 4.70. The van der Waals surface area contributed by atoms with E-state index < -0.39 is 6.36 Å². The second kappa shape index (κ2) is 9.24. The average molecular weight is 428 g/mol. The molecule has 0 radical (unpaired) electrons. The summed E-state index contributed by atoms with van der Waals surface area (Å²) in [7, 11) is 0. The summed E-state index contributed by atoms with van der Waals surface area (Å²) >= 11 is 0. The van der Waals surface area contributed by atoms with E-state index in [0.29, 0.717) is 31.0 Å². The van der Waals surface area contributed by atoms with Crippen LogP contribution >= 0.6 is 0 Å². The summed E-state index contributed by atoms with van der Waals surface area (Å²) in [5.41, 5.74) is 0.673. The first kappa shape index (κ1) is 22.4. The fourth-order valence-electron chi connectivity index (χ4n) is 3.44. The minimum Gasteiger partial charge on any atom is -0.406 e. The van der Waals surface area contributed by atoms with E-state index in [1.54, 1.807) is 9.80 Å². The Bertz CT molecular complexity index is 748. The van der Waals surface area contributed by atoms with Crippen molar-refractivity contribution in [3.63, 3.8) is 0 Å². The molecule has 1 atom stereocenters. The Morgan fingerprint density at radius 3 is 2.40 bits per heavy atom. The highest BCUT2D eigenvalue weighted by atomic mass is 19.4. The smallest absolute Gasteiger partial charge is 0.406 e. The lowest BCUT2D eigenvalue weighted by molar-refractivity contribution is -0.274. The molecule has 6 nitrogen and oxygen atoms in total. The highest BCUT2D eigenvalue weighted by Crippen LogP contribution is 2.33. The molecule has 1 aliphatic heterocycles. The lowest BCUT2D eigenvalue weighted by atomic mass is 10.2. The van der Waals surface area contributed by atoms with E-state index in [2.05, 4.69) is 4.74 Å². The van der Waals surface area contributed by atoms with Crippen LogP contribution in [0.15, 0.2) is 24.3 Å². The number of halogens is 3. The lowest BCUT2D eigenvalue weighted by Crippen LogP contribution is -2.42. The van der Waals surface area contributed by atoms with E-state index >= 15 is 0 Å². The van der Waals surface area contributed by atoms with Crippen molar-refractivity contribution in [1.29, 1.82) is 0 Å². The molecule has 1 saturated heterocycles. The molecule has 1 aromatic rings. The maximum atomic E-state index is 12.6. The van der Waals surface area contributed by atoms with Crippen molar-refractivity contribution in [2.75, 3.05) is 19.6 Å². The zero-order chi connectivity index (χ0) is 21.9. The van der Waals surface area contributed by atoms with Gasteiger partial charge in [0, 0.05) is 25.6 Å². The Hall–Kier alpha value is -2.29. The molecule has 9 heteroatoms. The zero-order valence-corrected chi connectivity index (χ0v) is 17.2. The molecular formula is C21H27F3N2O4. The van der Waals surface area contributed by atoms with Gasteiger partial charge in [-0.05, 0) is 50.3 Å². The highest BCUT2D eigenvalue weighted by Gasteiger charge is 2.34. The second-order valence-corrected chi connectivity index (χ2v) is 8.19. The third-order valence-corrected chi connectivity index (χ3v) is 5.25. The largest absolute Gasteiger partial charge is 0.573 e. The van der Waals surface area contributed by atoms with Crippen LogP contribution in [0, 0.1) is 5.92 Å². The third-order valence-electron chi connectivity index (χ3n) is 5.25. The van der Waals surface area contributed by atoms with Gasteiger partial charge in [0.2, 0.25) is 11.8 Å². The molecule has 1 aromatic carbocycles. The number of alkyl halides is 3. The number of carbonyl (C=O) groups excluding carboxylic acids is 2. The number of ether oxygens (including phenoxy) is 2. The first-order valence-electron chi connectivity index (χ1n) is 10.1. The standard InChI is InChI=1S/C21H27F3N2O4/c1-14(2)26-11-18(10-25(12-20(26)28)19(27)9-15-3-4-15)29-13-16-5-7-17(8-6-16)30-21(22,23)24/h5-8,14-15,18H,3-4,9-13H2,1-2H3/t18-/m1/s1. The Kier molecular flexibility index (Phi) is 6.90. The number of hydrogen-bond donors (Lipinski definition) is 0. The summed E-state index contributed by atoms with van der Waals surface area (Å²) in [6.07, 6.45) is -2.54. The van der Waals surface area contributed by atoms with E-state index in [9.17, 15) is 22.8 Å². The van der Waals surface area contributed by atoms with Crippen molar-refractivity contribution in [3.05, 3.63) is 29.8 Å². The van der Waals surface area contributed by atoms with Crippen LogP contribution in [0.5, 0.6) is 5.75 Å². The molecule has 3 rings (SSSR count). The van der Waals surface area contributed by atoms with Gasteiger partial charge in [-0.1, -0.05) is 12.1 Å². The number of benzene rings is 1. The van der Waals surface area contributed by atoms with Gasteiger partial charge in [-0.3, -0.25) is 9.59 Å². The van der Waals surface area contributed by atoms with Crippen LogP contribution in [0.1, 0.15) is 38.7 Å². The molecule has 1 heterocycles. The Morgan fingerprint density at radius 2 is 1.83 bits per heavy atom. The number of hydrogen-bond acceptors (Lipinski definition) is 4. The first-order chi connectivity index (χ1) is 14.1. The van der Waals surface area contributed by atoms with Gasteiger partial charge >= 0.3 is 6.36 Å². The number of rotatable bonds is 7.